The molecule has 2 aromatic rings. The van der Waals surface area contributed by atoms with E-state index in [1.807, 2.05) is 24.7 Å². The van der Waals surface area contributed by atoms with Crippen LogP contribution in [0.25, 0.3) is 0 Å². The van der Waals surface area contributed by atoms with Gasteiger partial charge in [-0.25, -0.2) is 9.37 Å². The van der Waals surface area contributed by atoms with Crippen molar-refractivity contribution in [2.75, 3.05) is 6.54 Å². The summed E-state index contributed by atoms with van der Waals surface area (Å²) in [4.78, 5) is 6.20. The Balaban J connectivity index is 1.96. The Morgan fingerprint density at radius 2 is 2.12 bits per heavy atom. The summed E-state index contributed by atoms with van der Waals surface area (Å²) >= 11 is 5.58. The Hall–Kier alpha value is -1.95. The average molecular weight is 348 g/mol. The molecule has 0 aliphatic heterocycles. The number of hydrogen-bond donors (Lipinski definition) is 1. The molecule has 1 unspecified atom stereocenters. The molecule has 1 heterocycles. The van der Waals surface area contributed by atoms with Crippen molar-refractivity contribution in [2.24, 2.45) is 0 Å². The lowest BCUT2D eigenvalue weighted by molar-refractivity contribution is 0.379. The summed E-state index contributed by atoms with van der Waals surface area (Å²) in [5, 5.41) is 4.12. The summed E-state index contributed by atoms with van der Waals surface area (Å²) in [7, 11) is 0. The summed E-state index contributed by atoms with van der Waals surface area (Å²) in [5.74, 6) is -0.217. The zero-order valence-electron chi connectivity index (χ0n) is 14.3. The third-order valence-corrected chi connectivity index (χ3v) is 4.34. The minimum atomic E-state index is -0.217. The van der Waals surface area contributed by atoms with Gasteiger partial charge in [-0.1, -0.05) is 19.1 Å². The van der Waals surface area contributed by atoms with Gasteiger partial charge in [-0.05, 0) is 49.7 Å². The number of nitrogens with one attached hydrogen (secondary N) is 1. The fraction of sp³-hybridized carbons (Fsp3) is 0.444. The van der Waals surface area contributed by atoms with Crippen LogP contribution in [-0.4, -0.2) is 32.2 Å². The van der Waals surface area contributed by atoms with Gasteiger partial charge in [-0.3, -0.25) is 0 Å². The summed E-state index contributed by atoms with van der Waals surface area (Å²) < 4.78 is 15.2. The van der Waals surface area contributed by atoms with E-state index in [1.165, 1.54) is 12.1 Å². The number of nitrogens with zero attached hydrogens (tertiary/aromatic N) is 3. The van der Waals surface area contributed by atoms with Crippen molar-refractivity contribution in [2.45, 2.75) is 45.8 Å². The van der Waals surface area contributed by atoms with Gasteiger partial charge in [0.15, 0.2) is 5.11 Å². The van der Waals surface area contributed by atoms with E-state index < -0.39 is 0 Å². The highest BCUT2D eigenvalue weighted by atomic mass is 32.1. The van der Waals surface area contributed by atoms with E-state index in [9.17, 15) is 4.39 Å². The quantitative estimate of drug-likeness (QED) is 0.739. The lowest BCUT2D eigenvalue weighted by Gasteiger charge is -2.28. The van der Waals surface area contributed by atoms with Gasteiger partial charge >= 0.3 is 0 Å². The van der Waals surface area contributed by atoms with Gasteiger partial charge in [0, 0.05) is 38.1 Å². The van der Waals surface area contributed by atoms with Crippen LogP contribution in [0.15, 0.2) is 43.0 Å². The molecule has 0 bridgehead atoms. The van der Waals surface area contributed by atoms with Gasteiger partial charge in [-0.2, -0.15) is 0 Å². The van der Waals surface area contributed by atoms with E-state index in [-0.39, 0.29) is 5.82 Å². The van der Waals surface area contributed by atoms with Crippen LogP contribution in [0.1, 0.15) is 32.3 Å². The predicted octanol–water partition coefficient (Wildman–Crippen LogP) is 3.59. The van der Waals surface area contributed by atoms with E-state index in [2.05, 4.69) is 33.6 Å². The smallest absolute Gasteiger partial charge is 0.169 e. The van der Waals surface area contributed by atoms with E-state index in [0.717, 1.165) is 36.6 Å². The normalized spacial score (nSPS) is 12.0. The molecule has 0 spiro atoms. The first-order valence-electron chi connectivity index (χ1n) is 8.34. The van der Waals surface area contributed by atoms with Crippen LogP contribution in [-0.2, 0) is 13.1 Å². The molecule has 1 N–H and O–H groups in total. The molecule has 0 saturated heterocycles. The Morgan fingerprint density at radius 3 is 2.75 bits per heavy atom. The fourth-order valence-electron chi connectivity index (χ4n) is 2.33. The molecule has 0 saturated carbocycles. The van der Waals surface area contributed by atoms with E-state index in [0.29, 0.717) is 12.6 Å². The fourth-order valence-corrected chi connectivity index (χ4v) is 2.69. The van der Waals surface area contributed by atoms with Gasteiger partial charge in [0.05, 0.1) is 6.33 Å². The summed E-state index contributed by atoms with van der Waals surface area (Å²) in [6.45, 7) is 6.65. The van der Waals surface area contributed by atoms with Crippen molar-refractivity contribution < 1.29 is 4.39 Å². The first kappa shape index (κ1) is 18.4. The molecule has 0 fully saturated rings. The molecule has 6 heteroatoms. The van der Waals surface area contributed by atoms with Crippen molar-refractivity contribution in [1.82, 2.24) is 19.8 Å². The Kier molecular flexibility index (Phi) is 7.18. The number of imidazole rings is 1. The highest BCUT2D eigenvalue weighted by Gasteiger charge is 2.12. The molecular formula is C18H25FN4S. The second-order valence-electron chi connectivity index (χ2n) is 5.96. The first-order chi connectivity index (χ1) is 11.6. The van der Waals surface area contributed by atoms with Crippen molar-refractivity contribution in [3.8, 4) is 0 Å². The van der Waals surface area contributed by atoms with Crippen LogP contribution in [0.3, 0.4) is 0 Å². The van der Waals surface area contributed by atoms with Crippen molar-refractivity contribution >= 4 is 17.3 Å². The van der Waals surface area contributed by atoms with Crippen LogP contribution in [0.5, 0.6) is 0 Å². The number of benzene rings is 1. The second kappa shape index (κ2) is 9.37. The van der Waals surface area contributed by atoms with Gasteiger partial charge in [0.2, 0.25) is 0 Å². The van der Waals surface area contributed by atoms with Crippen LogP contribution in [0, 0.1) is 5.82 Å². The Bertz CT molecular complexity index is 612. The maximum atomic E-state index is 13.1. The second-order valence-corrected chi connectivity index (χ2v) is 6.35. The third kappa shape index (κ3) is 5.92. The average Bonchev–Trinajstić information content (AvgIpc) is 3.09. The maximum Gasteiger partial charge on any atom is 0.169 e. The lowest BCUT2D eigenvalue weighted by atomic mass is 10.2. The van der Waals surface area contributed by atoms with E-state index in [4.69, 9.17) is 12.2 Å². The van der Waals surface area contributed by atoms with E-state index >= 15 is 0 Å². The standard InChI is InChI=1S/C18H25FN4S/c1-3-15(2)21-18(24)23(11-4-10-22-12-9-20-14-22)13-16-5-7-17(19)8-6-16/h5-9,12,14-15H,3-4,10-11,13H2,1-2H3,(H,21,24). The molecule has 1 atom stereocenters. The molecule has 130 valence electrons. The monoisotopic (exact) mass is 348 g/mol. The largest absolute Gasteiger partial charge is 0.360 e. The molecule has 1 aromatic carbocycles. The molecule has 0 amide bonds. The summed E-state index contributed by atoms with van der Waals surface area (Å²) in [6, 6.07) is 6.93. The number of aryl methyl sites for hydroxylation is 1. The van der Waals surface area contributed by atoms with Crippen LogP contribution < -0.4 is 5.32 Å². The number of thiocarbonyl (C=S) groups is 1. The van der Waals surface area contributed by atoms with Gasteiger partial charge in [0.25, 0.3) is 0 Å². The van der Waals surface area contributed by atoms with Crippen LogP contribution >= 0.6 is 12.2 Å². The zero-order valence-corrected chi connectivity index (χ0v) is 15.1. The highest BCUT2D eigenvalue weighted by molar-refractivity contribution is 7.80. The number of rotatable bonds is 8. The van der Waals surface area contributed by atoms with Crippen molar-refractivity contribution in [1.29, 1.82) is 0 Å². The Morgan fingerprint density at radius 1 is 1.38 bits per heavy atom. The molecule has 1 aromatic heterocycles. The van der Waals surface area contributed by atoms with Crippen molar-refractivity contribution in [3.05, 3.63) is 54.4 Å². The zero-order chi connectivity index (χ0) is 17.4. The molecular weight excluding hydrogens is 323 g/mol. The van der Waals surface area contributed by atoms with Crippen LogP contribution in [0.2, 0.25) is 0 Å². The lowest BCUT2D eigenvalue weighted by Crippen LogP contribution is -2.43. The third-order valence-electron chi connectivity index (χ3n) is 3.96. The van der Waals surface area contributed by atoms with Gasteiger partial charge in [0.1, 0.15) is 5.82 Å². The van der Waals surface area contributed by atoms with E-state index in [1.54, 1.807) is 6.20 Å². The first-order valence-corrected chi connectivity index (χ1v) is 8.75. The molecule has 2 rings (SSSR count). The molecule has 0 aliphatic carbocycles. The minimum absolute atomic E-state index is 0.217. The van der Waals surface area contributed by atoms with Gasteiger partial charge in [-0.15, -0.1) is 0 Å². The topological polar surface area (TPSA) is 33.1 Å². The van der Waals surface area contributed by atoms with Crippen molar-refractivity contribution in [3.63, 3.8) is 0 Å². The Labute approximate surface area is 148 Å². The number of hydrogen-bond acceptors (Lipinski definition) is 2. The molecule has 4 nitrogen and oxygen atoms in total. The van der Waals surface area contributed by atoms with Gasteiger partial charge < -0.3 is 14.8 Å². The number of halogens is 1. The highest BCUT2D eigenvalue weighted by Crippen LogP contribution is 2.09. The van der Waals surface area contributed by atoms with Crippen LogP contribution in [0.4, 0.5) is 4.39 Å². The number of aromatic nitrogens is 2. The molecule has 0 radical (unpaired) electrons. The minimum Gasteiger partial charge on any atom is -0.360 e. The summed E-state index contributed by atoms with van der Waals surface area (Å²) in [6.07, 6.45) is 7.53. The summed E-state index contributed by atoms with van der Waals surface area (Å²) in [5.41, 5.74) is 1.05. The predicted molar refractivity (Wildman–Crippen MR) is 99.1 cm³/mol. The maximum absolute atomic E-state index is 13.1. The molecule has 0 aliphatic rings. The SMILES string of the molecule is CCC(C)NC(=S)N(CCCn1ccnc1)Cc1ccc(F)cc1. The molecule has 24 heavy (non-hydrogen) atoms.